The van der Waals surface area contributed by atoms with Crippen molar-refractivity contribution in [3.8, 4) is 0 Å². The summed E-state index contributed by atoms with van der Waals surface area (Å²) in [6.07, 6.45) is 2.95. The van der Waals surface area contributed by atoms with Gasteiger partial charge in [0.25, 0.3) is 5.91 Å². The molecule has 0 bridgehead atoms. The molecule has 2 saturated heterocycles. The summed E-state index contributed by atoms with van der Waals surface area (Å²) in [5, 5.41) is 0.0987. The van der Waals surface area contributed by atoms with Crippen LogP contribution < -0.4 is 5.73 Å². The first-order chi connectivity index (χ1) is 14.5. The Bertz CT molecular complexity index is 919. The van der Waals surface area contributed by atoms with Crippen molar-refractivity contribution in [3.63, 3.8) is 0 Å². The summed E-state index contributed by atoms with van der Waals surface area (Å²) in [6, 6.07) is 13.8. The number of carbonyl (C=O) groups is 2. The fraction of sp³-hybridized carbons (Fsp3) is 0.348. The van der Waals surface area contributed by atoms with Crippen LogP contribution in [0.25, 0.3) is 0 Å². The highest BCUT2D eigenvalue weighted by atomic mass is 35.5. The first-order valence-corrected chi connectivity index (χ1v) is 10.5. The molecule has 2 fully saturated rings. The highest BCUT2D eigenvalue weighted by molar-refractivity contribution is 6.33. The Hall–Kier alpha value is -2.44. The maximum atomic E-state index is 14.2. The van der Waals surface area contributed by atoms with Crippen molar-refractivity contribution < 1.29 is 14.0 Å². The monoisotopic (exact) mass is 428 g/mol. The van der Waals surface area contributed by atoms with Gasteiger partial charge in [0.2, 0.25) is 5.91 Å². The van der Waals surface area contributed by atoms with Gasteiger partial charge in [0.05, 0.1) is 16.6 Å². The molecule has 30 heavy (non-hydrogen) atoms. The Kier molecular flexibility index (Phi) is 6.06. The molecule has 2 aliphatic rings. The van der Waals surface area contributed by atoms with E-state index in [0.717, 1.165) is 18.5 Å². The molecule has 3 atom stereocenters. The van der Waals surface area contributed by atoms with Crippen LogP contribution in [0, 0.1) is 24.1 Å². The van der Waals surface area contributed by atoms with Gasteiger partial charge in [-0.15, -0.1) is 0 Å². The van der Waals surface area contributed by atoms with Gasteiger partial charge in [0.1, 0.15) is 5.82 Å². The second-order valence-corrected chi connectivity index (χ2v) is 8.38. The average molecular weight is 429 g/mol. The first-order valence-electron chi connectivity index (χ1n) is 10.1. The maximum Gasteiger partial charge on any atom is 0.258 e. The van der Waals surface area contributed by atoms with Gasteiger partial charge >= 0.3 is 0 Å². The van der Waals surface area contributed by atoms with Gasteiger partial charge in [0, 0.05) is 25.6 Å². The number of hydrogen-bond acceptors (Lipinski definition) is 3. The molecule has 2 heterocycles. The van der Waals surface area contributed by atoms with Crippen molar-refractivity contribution in [2.75, 3.05) is 26.2 Å². The zero-order valence-electron chi connectivity index (χ0n) is 16.5. The van der Waals surface area contributed by atoms with Crippen LogP contribution in [0.3, 0.4) is 0 Å². The number of carbonyl (C=O) groups excluding carboxylic acids is 2. The van der Waals surface area contributed by atoms with Crippen molar-refractivity contribution in [3.05, 3.63) is 76.9 Å². The van der Waals surface area contributed by atoms with E-state index in [-0.39, 0.29) is 28.3 Å². The highest BCUT2D eigenvalue weighted by Crippen LogP contribution is 2.37. The number of nitrogens with two attached hydrogens (primary N) is 1. The zero-order valence-corrected chi connectivity index (χ0v) is 17.3. The molecule has 2 aromatic carbocycles. The van der Waals surface area contributed by atoms with Crippen LogP contribution in [0.15, 0.2) is 48.5 Å². The van der Waals surface area contributed by atoms with Crippen LogP contribution in [-0.2, 0) is 4.79 Å². The lowest BCUT2D eigenvalue weighted by atomic mass is 9.94. The molecule has 0 spiro atoms. The van der Waals surface area contributed by atoms with Crippen molar-refractivity contribution in [1.29, 1.82) is 0 Å². The van der Waals surface area contributed by atoms with E-state index in [4.69, 9.17) is 17.3 Å². The molecule has 2 aromatic rings. The Labute approximate surface area is 180 Å². The van der Waals surface area contributed by atoms with Crippen LogP contribution in [0.5, 0.6) is 0 Å². The van der Waals surface area contributed by atoms with Crippen LogP contribution >= 0.6 is 11.6 Å². The molecule has 4 rings (SSSR count). The number of amides is 2. The molecular formula is C23H24ClFN3O2. The lowest BCUT2D eigenvalue weighted by molar-refractivity contribution is -0.123. The Morgan fingerprint density at radius 1 is 1.10 bits per heavy atom. The minimum absolute atomic E-state index is 0.0475. The summed E-state index contributed by atoms with van der Waals surface area (Å²) in [6.45, 7) is 2.26. The molecule has 0 aromatic heterocycles. The second-order valence-electron chi connectivity index (χ2n) is 7.98. The fourth-order valence-corrected chi connectivity index (χ4v) is 5.01. The molecule has 0 saturated carbocycles. The average Bonchev–Trinajstić information content (AvgIpc) is 3.26. The van der Waals surface area contributed by atoms with Crippen LogP contribution in [0.2, 0.25) is 5.02 Å². The minimum Gasteiger partial charge on any atom is -0.368 e. The molecule has 0 aliphatic carbocycles. The molecule has 7 heteroatoms. The smallest absolute Gasteiger partial charge is 0.258 e. The maximum absolute atomic E-state index is 14.2. The van der Waals surface area contributed by atoms with E-state index in [9.17, 15) is 14.0 Å². The standard InChI is InChI=1S/C23H24ClFN3O2/c24-18-9-4-10-19(25)20(18)23(30)28-13-16-12-27(21(22(26)29)17(16)14-28)11-5-8-15-6-2-1-3-7-15/h1-4,6-10,16-17,21H,5,11-14H2,(H2,26,29)/t16?,17-,21?/m1/s1. The van der Waals surface area contributed by atoms with Gasteiger partial charge in [0.15, 0.2) is 0 Å². The number of nitrogens with zero attached hydrogens (tertiary/aromatic N) is 2. The van der Waals surface area contributed by atoms with Gasteiger partial charge in [-0.3, -0.25) is 14.5 Å². The van der Waals surface area contributed by atoms with Crippen LogP contribution in [-0.4, -0.2) is 53.8 Å². The van der Waals surface area contributed by atoms with Gasteiger partial charge in [-0.05, 0) is 43.0 Å². The summed E-state index contributed by atoms with van der Waals surface area (Å²) >= 11 is 6.06. The third kappa shape index (κ3) is 4.07. The first kappa shape index (κ1) is 20.8. The lowest BCUT2D eigenvalue weighted by Crippen LogP contribution is -2.46. The summed E-state index contributed by atoms with van der Waals surface area (Å²) in [7, 11) is 0. The predicted octanol–water partition coefficient (Wildman–Crippen LogP) is 2.98. The number of likely N-dealkylation sites (tertiary alicyclic amines) is 2. The van der Waals surface area contributed by atoms with Gasteiger partial charge in [-0.2, -0.15) is 0 Å². The number of hydrogen-bond donors (Lipinski definition) is 1. The van der Waals surface area contributed by atoms with Crippen molar-refractivity contribution >= 4 is 23.4 Å². The predicted molar refractivity (Wildman–Crippen MR) is 113 cm³/mol. The molecular weight excluding hydrogens is 405 g/mol. The topological polar surface area (TPSA) is 66.6 Å². The van der Waals surface area contributed by atoms with Crippen molar-refractivity contribution in [2.45, 2.75) is 12.5 Å². The minimum atomic E-state index is -0.630. The van der Waals surface area contributed by atoms with Crippen molar-refractivity contribution in [1.82, 2.24) is 9.80 Å². The molecule has 2 N–H and O–H groups in total. The summed E-state index contributed by atoms with van der Waals surface area (Å²) < 4.78 is 14.2. The van der Waals surface area contributed by atoms with Crippen LogP contribution in [0.1, 0.15) is 22.3 Å². The van der Waals surface area contributed by atoms with E-state index in [1.165, 1.54) is 18.2 Å². The summed E-state index contributed by atoms with van der Waals surface area (Å²) in [4.78, 5) is 28.8. The van der Waals surface area contributed by atoms with E-state index in [1.807, 2.05) is 30.3 Å². The van der Waals surface area contributed by atoms with Gasteiger partial charge in [-0.1, -0.05) is 48.0 Å². The van der Waals surface area contributed by atoms with Gasteiger partial charge < -0.3 is 10.6 Å². The largest absolute Gasteiger partial charge is 0.368 e. The SMILES string of the molecule is NC(=O)C1[C@@H]2CN(C(=O)c3c(F)cccc3Cl)CC2CN1CC[CH]c1ccccc1. The Morgan fingerprint density at radius 2 is 1.87 bits per heavy atom. The summed E-state index contributed by atoms with van der Waals surface area (Å²) in [5.41, 5.74) is 6.77. The van der Waals surface area contributed by atoms with Crippen molar-refractivity contribution in [2.24, 2.45) is 17.6 Å². The number of primary amides is 1. The second kappa shape index (κ2) is 8.74. The quantitative estimate of drug-likeness (QED) is 0.769. The number of benzene rings is 2. The summed E-state index contributed by atoms with van der Waals surface area (Å²) in [5.74, 6) is -1.35. The third-order valence-corrected chi connectivity index (χ3v) is 6.43. The molecule has 1 radical (unpaired) electrons. The third-order valence-electron chi connectivity index (χ3n) is 6.11. The van der Waals surface area contributed by atoms with E-state index < -0.39 is 17.8 Å². The molecule has 2 aliphatic heterocycles. The highest BCUT2D eigenvalue weighted by Gasteiger charge is 2.50. The molecule has 157 valence electrons. The van der Waals surface area contributed by atoms with Gasteiger partial charge in [-0.25, -0.2) is 4.39 Å². The number of halogens is 2. The van der Waals surface area contributed by atoms with E-state index in [1.54, 1.807) is 4.90 Å². The number of rotatable bonds is 6. The van der Waals surface area contributed by atoms with E-state index in [0.29, 0.717) is 19.6 Å². The fourth-order valence-electron chi connectivity index (χ4n) is 4.77. The molecule has 2 amide bonds. The Morgan fingerprint density at radius 3 is 2.57 bits per heavy atom. The molecule has 5 nitrogen and oxygen atoms in total. The normalized spacial score (nSPS) is 23.5. The zero-order chi connectivity index (χ0) is 21.3. The van der Waals surface area contributed by atoms with E-state index >= 15 is 0 Å². The lowest BCUT2D eigenvalue weighted by Gasteiger charge is -2.27. The van der Waals surface area contributed by atoms with E-state index in [2.05, 4.69) is 11.3 Å². The van der Waals surface area contributed by atoms with Crippen LogP contribution in [0.4, 0.5) is 4.39 Å². The number of fused-ring (bicyclic) bond motifs is 1. The molecule has 2 unspecified atom stereocenters. The Balaban J connectivity index is 1.41.